The lowest BCUT2D eigenvalue weighted by molar-refractivity contribution is 0.0988. The number of halogens is 1. The number of aromatic amines is 1. The summed E-state index contributed by atoms with van der Waals surface area (Å²) in [5.74, 6) is 0.467. The highest BCUT2D eigenvalue weighted by Gasteiger charge is 2.43. The van der Waals surface area contributed by atoms with E-state index in [1.165, 1.54) is 12.1 Å². The van der Waals surface area contributed by atoms with Crippen molar-refractivity contribution in [1.29, 1.82) is 0 Å². The lowest BCUT2D eigenvalue weighted by Crippen LogP contribution is -2.29. The molecule has 0 saturated heterocycles. The standard InChI is InChI=1S/C22H22FN3O2/c1-4-13(2)19-18-20(25-24-19)22(27)26(16-9-11-17(28-3)12-10-16)21(18)14-5-7-15(23)8-6-14/h5-13,21H,4H2,1-3H3,(H,24,25). The first-order valence-electron chi connectivity index (χ1n) is 9.36. The van der Waals surface area contributed by atoms with Crippen LogP contribution >= 0.6 is 0 Å². The average molecular weight is 379 g/mol. The number of nitrogens with one attached hydrogen (secondary N) is 1. The zero-order valence-electron chi connectivity index (χ0n) is 16.1. The first kappa shape index (κ1) is 18.2. The summed E-state index contributed by atoms with van der Waals surface area (Å²) >= 11 is 0. The number of methoxy groups -OCH3 is 1. The van der Waals surface area contributed by atoms with Crippen LogP contribution in [0.25, 0.3) is 0 Å². The van der Waals surface area contributed by atoms with Crippen LogP contribution in [0.1, 0.15) is 59.5 Å². The molecule has 1 N–H and O–H groups in total. The molecule has 28 heavy (non-hydrogen) atoms. The molecule has 2 unspecified atom stereocenters. The summed E-state index contributed by atoms with van der Waals surface area (Å²) in [6.07, 6.45) is 0.918. The number of H-pyrrole nitrogens is 1. The second-order valence-electron chi connectivity index (χ2n) is 7.04. The summed E-state index contributed by atoms with van der Waals surface area (Å²) in [6, 6.07) is 13.3. The van der Waals surface area contributed by atoms with Gasteiger partial charge in [-0.3, -0.25) is 14.8 Å². The van der Waals surface area contributed by atoms with Gasteiger partial charge in [0.2, 0.25) is 0 Å². The smallest absolute Gasteiger partial charge is 0.280 e. The Balaban J connectivity index is 1.88. The lowest BCUT2D eigenvalue weighted by atomic mass is 9.93. The molecular weight excluding hydrogens is 357 g/mol. The molecule has 0 spiro atoms. The van der Waals surface area contributed by atoms with Gasteiger partial charge in [-0.15, -0.1) is 0 Å². The van der Waals surface area contributed by atoms with Crippen LogP contribution in [0, 0.1) is 5.82 Å². The number of hydrogen-bond acceptors (Lipinski definition) is 3. The third kappa shape index (κ3) is 2.85. The molecule has 0 bridgehead atoms. The normalized spacial score (nSPS) is 16.9. The summed E-state index contributed by atoms with van der Waals surface area (Å²) in [5, 5.41) is 7.40. The molecule has 2 aromatic carbocycles. The fraction of sp³-hybridized carbons (Fsp3) is 0.273. The maximum Gasteiger partial charge on any atom is 0.280 e. The van der Waals surface area contributed by atoms with Crippen LogP contribution in [0.2, 0.25) is 0 Å². The molecule has 0 radical (unpaired) electrons. The molecule has 1 aliphatic heterocycles. The topological polar surface area (TPSA) is 58.2 Å². The minimum atomic E-state index is -0.362. The Hall–Kier alpha value is -3.15. The van der Waals surface area contributed by atoms with E-state index in [0.717, 1.165) is 28.9 Å². The van der Waals surface area contributed by atoms with Gasteiger partial charge in [-0.1, -0.05) is 26.0 Å². The fourth-order valence-electron chi connectivity index (χ4n) is 3.71. The van der Waals surface area contributed by atoms with Crippen molar-refractivity contribution in [2.24, 2.45) is 0 Å². The third-order valence-corrected chi connectivity index (χ3v) is 5.43. The highest BCUT2D eigenvalue weighted by atomic mass is 19.1. The zero-order chi connectivity index (χ0) is 19.8. The number of carbonyl (C=O) groups is 1. The summed E-state index contributed by atoms with van der Waals surface area (Å²) in [7, 11) is 1.60. The van der Waals surface area contributed by atoms with Gasteiger partial charge in [-0.05, 0) is 54.3 Å². The van der Waals surface area contributed by atoms with E-state index in [1.54, 1.807) is 24.1 Å². The lowest BCUT2D eigenvalue weighted by Gasteiger charge is -2.27. The van der Waals surface area contributed by atoms with Gasteiger partial charge in [0.1, 0.15) is 11.6 Å². The second-order valence-corrected chi connectivity index (χ2v) is 7.04. The Morgan fingerprint density at radius 2 is 1.86 bits per heavy atom. The van der Waals surface area contributed by atoms with Crippen molar-refractivity contribution < 1.29 is 13.9 Å². The fourth-order valence-corrected chi connectivity index (χ4v) is 3.71. The van der Waals surface area contributed by atoms with E-state index in [4.69, 9.17) is 4.74 Å². The van der Waals surface area contributed by atoms with Gasteiger partial charge >= 0.3 is 0 Å². The van der Waals surface area contributed by atoms with Crippen molar-refractivity contribution in [1.82, 2.24) is 10.2 Å². The highest BCUT2D eigenvalue weighted by Crippen LogP contribution is 2.44. The molecule has 5 nitrogen and oxygen atoms in total. The van der Waals surface area contributed by atoms with Crippen LogP contribution in [-0.2, 0) is 0 Å². The maximum atomic E-state index is 13.5. The van der Waals surface area contributed by atoms with Crippen molar-refractivity contribution >= 4 is 11.6 Å². The molecule has 0 saturated carbocycles. The number of aromatic nitrogens is 2. The largest absolute Gasteiger partial charge is 0.497 e. The van der Waals surface area contributed by atoms with Crippen molar-refractivity contribution in [3.05, 3.63) is 76.9 Å². The molecule has 2 heterocycles. The number of carbonyl (C=O) groups excluding carboxylic acids is 1. The Labute approximate surface area is 163 Å². The van der Waals surface area contributed by atoms with Crippen LogP contribution in [0.5, 0.6) is 5.75 Å². The minimum Gasteiger partial charge on any atom is -0.497 e. The maximum absolute atomic E-state index is 13.5. The first-order chi connectivity index (χ1) is 13.5. The number of rotatable bonds is 5. The van der Waals surface area contributed by atoms with Crippen molar-refractivity contribution in [2.45, 2.75) is 32.2 Å². The molecule has 4 rings (SSSR count). The van der Waals surface area contributed by atoms with E-state index in [1.807, 2.05) is 24.3 Å². The van der Waals surface area contributed by atoms with Crippen LogP contribution in [0.15, 0.2) is 48.5 Å². The number of fused-ring (bicyclic) bond motifs is 1. The highest BCUT2D eigenvalue weighted by molar-refractivity contribution is 6.10. The summed E-state index contributed by atoms with van der Waals surface area (Å²) in [6.45, 7) is 4.21. The minimum absolute atomic E-state index is 0.166. The number of anilines is 1. The van der Waals surface area contributed by atoms with Crippen molar-refractivity contribution in [3.8, 4) is 5.75 Å². The van der Waals surface area contributed by atoms with Crippen LogP contribution in [0.3, 0.4) is 0 Å². The molecule has 6 heteroatoms. The average Bonchev–Trinajstić information content (AvgIpc) is 3.27. The van der Waals surface area contributed by atoms with Gasteiger partial charge in [0, 0.05) is 16.9 Å². The number of nitrogens with zero attached hydrogens (tertiary/aromatic N) is 2. The molecule has 144 valence electrons. The monoisotopic (exact) mass is 379 g/mol. The first-order valence-corrected chi connectivity index (χ1v) is 9.36. The van der Waals surface area contributed by atoms with E-state index in [-0.39, 0.29) is 23.7 Å². The third-order valence-electron chi connectivity index (χ3n) is 5.43. The predicted octanol–water partition coefficient (Wildman–Crippen LogP) is 4.82. The van der Waals surface area contributed by atoms with Gasteiger partial charge in [0.25, 0.3) is 5.91 Å². The Morgan fingerprint density at radius 1 is 1.18 bits per heavy atom. The van der Waals surface area contributed by atoms with Gasteiger partial charge in [0.15, 0.2) is 5.69 Å². The quantitative estimate of drug-likeness (QED) is 0.691. The molecule has 1 aliphatic rings. The predicted molar refractivity (Wildman–Crippen MR) is 105 cm³/mol. The van der Waals surface area contributed by atoms with E-state index < -0.39 is 0 Å². The molecule has 1 aromatic heterocycles. The number of amides is 1. The number of ether oxygens (including phenoxy) is 1. The van der Waals surface area contributed by atoms with Gasteiger partial charge < -0.3 is 4.74 Å². The summed E-state index contributed by atoms with van der Waals surface area (Å²) in [4.78, 5) is 15.0. The van der Waals surface area contributed by atoms with E-state index in [0.29, 0.717) is 11.4 Å². The van der Waals surface area contributed by atoms with Gasteiger partial charge in [-0.25, -0.2) is 4.39 Å². The van der Waals surface area contributed by atoms with Crippen LogP contribution < -0.4 is 9.64 Å². The molecule has 0 aliphatic carbocycles. The second kappa shape index (κ2) is 7.11. The molecular formula is C22H22FN3O2. The zero-order valence-corrected chi connectivity index (χ0v) is 16.1. The van der Waals surface area contributed by atoms with Crippen molar-refractivity contribution in [2.75, 3.05) is 12.0 Å². The molecule has 3 aromatic rings. The van der Waals surface area contributed by atoms with E-state index in [9.17, 15) is 9.18 Å². The van der Waals surface area contributed by atoms with E-state index in [2.05, 4.69) is 24.0 Å². The Kier molecular flexibility index (Phi) is 4.63. The molecule has 1 amide bonds. The molecule has 2 atom stereocenters. The van der Waals surface area contributed by atoms with Gasteiger partial charge in [-0.2, -0.15) is 5.10 Å². The SMILES string of the molecule is CCC(C)c1[nH]nc2c1C(c1ccc(F)cc1)N(c1ccc(OC)cc1)C2=O. The van der Waals surface area contributed by atoms with Crippen LogP contribution in [-0.4, -0.2) is 23.2 Å². The van der Waals surface area contributed by atoms with E-state index >= 15 is 0 Å². The summed E-state index contributed by atoms with van der Waals surface area (Å²) in [5.41, 5.74) is 3.85. The number of hydrogen-bond donors (Lipinski definition) is 1. The van der Waals surface area contributed by atoms with Crippen LogP contribution in [0.4, 0.5) is 10.1 Å². The molecule has 0 fully saturated rings. The Morgan fingerprint density at radius 3 is 2.46 bits per heavy atom. The number of benzene rings is 2. The van der Waals surface area contributed by atoms with Crippen molar-refractivity contribution in [3.63, 3.8) is 0 Å². The Bertz CT molecular complexity index is 996. The van der Waals surface area contributed by atoms with Gasteiger partial charge in [0.05, 0.1) is 13.2 Å². The summed E-state index contributed by atoms with van der Waals surface area (Å²) < 4.78 is 18.8.